The van der Waals surface area contributed by atoms with Crippen molar-refractivity contribution in [1.82, 2.24) is 30.5 Å². The number of piperazine rings is 1. The number of hydrogen-bond acceptors (Lipinski definition) is 6. The summed E-state index contributed by atoms with van der Waals surface area (Å²) in [5.74, 6) is 0.165. The zero-order valence-corrected chi connectivity index (χ0v) is 16.2. The summed E-state index contributed by atoms with van der Waals surface area (Å²) in [6, 6.07) is 5.05. The van der Waals surface area contributed by atoms with Crippen molar-refractivity contribution in [1.29, 1.82) is 0 Å². The summed E-state index contributed by atoms with van der Waals surface area (Å²) in [4.78, 5) is 38.7. The molecule has 3 heterocycles. The van der Waals surface area contributed by atoms with Gasteiger partial charge in [0.15, 0.2) is 0 Å². The number of aromatic nitrogens is 3. The van der Waals surface area contributed by atoms with Crippen LogP contribution in [0.2, 0.25) is 5.15 Å². The first-order valence-electron chi connectivity index (χ1n) is 8.62. The standard InChI is InChI=1S/C18H21ClN6O2/c1-10-22-14(8-15(23-10)18(27)20-3)13-6-12(7-17(19)24-13)16-9-21-4-5-25(16)11(2)26/h6-8,16,21H,4-5,9H2,1-3H3,(H,20,27). The van der Waals surface area contributed by atoms with Crippen molar-refractivity contribution >= 4 is 23.4 Å². The summed E-state index contributed by atoms with van der Waals surface area (Å²) in [5.41, 5.74) is 2.16. The molecule has 1 atom stereocenters. The molecule has 0 bridgehead atoms. The van der Waals surface area contributed by atoms with E-state index in [4.69, 9.17) is 11.6 Å². The fraction of sp³-hybridized carbons (Fsp3) is 0.389. The molecule has 0 aliphatic carbocycles. The van der Waals surface area contributed by atoms with Gasteiger partial charge in [-0.05, 0) is 30.7 Å². The molecule has 27 heavy (non-hydrogen) atoms. The van der Waals surface area contributed by atoms with Crippen LogP contribution in [0, 0.1) is 6.92 Å². The minimum atomic E-state index is -0.303. The van der Waals surface area contributed by atoms with Crippen LogP contribution >= 0.6 is 11.6 Å². The molecule has 1 saturated heterocycles. The summed E-state index contributed by atoms with van der Waals surface area (Å²) in [6.45, 7) is 5.28. The Labute approximate surface area is 162 Å². The van der Waals surface area contributed by atoms with Crippen LogP contribution in [0.3, 0.4) is 0 Å². The number of carbonyl (C=O) groups excluding carboxylic acids is 2. The average molecular weight is 389 g/mol. The lowest BCUT2D eigenvalue weighted by molar-refractivity contribution is -0.132. The van der Waals surface area contributed by atoms with Gasteiger partial charge in [0.25, 0.3) is 5.91 Å². The first-order valence-corrected chi connectivity index (χ1v) is 9.00. The van der Waals surface area contributed by atoms with E-state index in [1.165, 1.54) is 0 Å². The van der Waals surface area contributed by atoms with Gasteiger partial charge in [-0.25, -0.2) is 15.0 Å². The zero-order valence-electron chi connectivity index (χ0n) is 15.4. The number of carbonyl (C=O) groups is 2. The molecular formula is C18H21ClN6O2. The minimum Gasteiger partial charge on any atom is -0.354 e. The number of amides is 2. The number of aryl methyl sites for hydroxylation is 1. The predicted octanol–water partition coefficient (Wildman–Crippen LogP) is 1.35. The zero-order chi connectivity index (χ0) is 19.6. The second kappa shape index (κ2) is 7.98. The third-order valence-electron chi connectivity index (χ3n) is 4.41. The SMILES string of the molecule is CNC(=O)c1cc(-c2cc(C3CNCCN3C(C)=O)cc(Cl)n2)nc(C)n1. The maximum absolute atomic E-state index is 12.0. The monoisotopic (exact) mass is 388 g/mol. The molecule has 2 aromatic rings. The van der Waals surface area contributed by atoms with Crippen LogP contribution < -0.4 is 10.6 Å². The fourth-order valence-electron chi connectivity index (χ4n) is 3.16. The van der Waals surface area contributed by atoms with E-state index in [1.807, 2.05) is 11.0 Å². The molecular weight excluding hydrogens is 368 g/mol. The van der Waals surface area contributed by atoms with E-state index in [1.54, 1.807) is 33.0 Å². The van der Waals surface area contributed by atoms with Crippen molar-refractivity contribution in [2.75, 3.05) is 26.7 Å². The topological polar surface area (TPSA) is 100 Å². The Morgan fingerprint density at radius 1 is 1.22 bits per heavy atom. The van der Waals surface area contributed by atoms with Crippen molar-refractivity contribution < 1.29 is 9.59 Å². The van der Waals surface area contributed by atoms with Crippen LogP contribution in [0.5, 0.6) is 0 Å². The second-order valence-electron chi connectivity index (χ2n) is 6.31. The molecule has 2 aromatic heterocycles. The Bertz CT molecular complexity index is 888. The van der Waals surface area contributed by atoms with Gasteiger partial charge in [0.05, 0.1) is 17.4 Å². The van der Waals surface area contributed by atoms with Crippen molar-refractivity contribution in [3.8, 4) is 11.4 Å². The molecule has 0 spiro atoms. The Hall–Kier alpha value is -2.58. The van der Waals surface area contributed by atoms with E-state index in [0.29, 0.717) is 35.5 Å². The lowest BCUT2D eigenvalue weighted by Gasteiger charge is -2.36. The molecule has 3 rings (SSSR count). The number of nitrogens with one attached hydrogen (secondary N) is 2. The van der Waals surface area contributed by atoms with E-state index in [0.717, 1.165) is 12.1 Å². The number of rotatable bonds is 3. The van der Waals surface area contributed by atoms with E-state index in [9.17, 15) is 9.59 Å². The van der Waals surface area contributed by atoms with Gasteiger partial charge in [-0.3, -0.25) is 9.59 Å². The molecule has 9 heteroatoms. The largest absolute Gasteiger partial charge is 0.354 e. The van der Waals surface area contributed by atoms with Crippen LogP contribution in [-0.2, 0) is 4.79 Å². The molecule has 142 valence electrons. The van der Waals surface area contributed by atoms with Crippen molar-refractivity contribution in [3.05, 3.63) is 40.4 Å². The molecule has 1 aliphatic rings. The summed E-state index contributed by atoms with van der Waals surface area (Å²) < 4.78 is 0. The quantitative estimate of drug-likeness (QED) is 0.770. The third-order valence-corrected chi connectivity index (χ3v) is 4.60. The molecule has 1 aliphatic heterocycles. The smallest absolute Gasteiger partial charge is 0.269 e. The number of hydrogen-bond donors (Lipinski definition) is 2. The highest BCUT2D eigenvalue weighted by Crippen LogP contribution is 2.28. The first-order chi connectivity index (χ1) is 12.9. The Morgan fingerprint density at radius 3 is 2.67 bits per heavy atom. The van der Waals surface area contributed by atoms with Gasteiger partial charge in [-0.1, -0.05) is 11.6 Å². The van der Waals surface area contributed by atoms with Gasteiger partial charge in [-0.15, -0.1) is 0 Å². The van der Waals surface area contributed by atoms with Crippen molar-refractivity contribution in [2.45, 2.75) is 19.9 Å². The molecule has 1 fully saturated rings. The maximum Gasteiger partial charge on any atom is 0.269 e. The molecule has 0 radical (unpaired) electrons. The van der Waals surface area contributed by atoms with Gasteiger partial charge < -0.3 is 15.5 Å². The highest BCUT2D eigenvalue weighted by atomic mass is 35.5. The van der Waals surface area contributed by atoms with Gasteiger partial charge in [0.1, 0.15) is 16.7 Å². The highest BCUT2D eigenvalue weighted by molar-refractivity contribution is 6.29. The number of halogens is 1. The number of pyridine rings is 1. The third kappa shape index (κ3) is 4.23. The van der Waals surface area contributed by atoms with Gasteiger partial charge >= 0.3 is 0 Å². The van der Waals surface area contributed by atoms with Crippen molar-refractivity contribution in [3.63, 3.8) is 0 Å². The van der Waals surface area contributed by atoms with Gasteiger partial charge in [0, 0.05) is 33.6 Å². The van der Waals surface area contributed by atoms with Crippen LogP contribution in [-0.4, -0.2) is 58.3 Å². The number of nitrogens with zero attached hydrogens (tertiary/aromatic N) is 4. The molecule has 2 amide bonds. The lowest BCUT2D eigenvalue weighted by Crippen LogP contribution is -2.47. The Balaban J connectivity index is 2.05. The molecule has 0 saturated carbocycles. The summed E-state index contributed by atoms with van der Waals surface area (Å²) in [5, 5.41) is 6.15. The first kappa shape index (κ1) is 19.2. The van der Waals surface area contributed by atoms with Crippen molar-refractivity contribution in [2.24, 2.45) is 0 Å². The molecule has 1 unspecified atom stereocenters. The van der Waals surface area contributed by atoms with Crippen LogP contribution in [0.1, 0.15) is 34.8 Å². The Kier molecular flexibility index (Phi) is 5.67. The molecule has 8 nitrogen and oxygen atoms in total. The normalized spacial score (nSPS) is 16.9. The molecule has 2 N–H and O–H groups in total. The van der Waals surface area contributed by atoms with Crippen LogP contribution in [0.25, 0.3) is 11.4 Å². The van der Waals surface area contributed by atoms with E-state index in [2.05, 4.69) is 25.6 Å². The van der Waals surface area contributed by atoms with E-state index >= 15 is 0 Å². The summed E-state index contributed by atoms with van der Waals surface area (Å²) >= 11 is 6.26. The van der Waals surface area contributed by atoms with Crippen LogP contribution in [0.15, 0.2) is 18.2 Å². The fourth-order valence-corrected chi connectivity index (χ4v) is 3.38. The predicted molar refractivity (Wildman–Crippen MR) is 101 cm³/mol. The molecule has 0 aromatic carbocycles. The van der Waals surface area contributed by atoms with Crippen LogP contribution in [0.4, 0.5) is 0 Å². The second-order valence-corrected chi connectivity index (χ2v) is 6.69. The maximum atomic E-state index is 12.0. The summed E-state index contributed by atoms with van der Waals surface area (Å²) in [7, 11) is 1.54. The van der Waals surface area contributed by atoms with Gasteiger partial charge in [0.2, 0.25) is 5.91 Å². The highest BCUT2D eigenvalue weighted by Gasteiger charge is 2.26. The Morgan fingerprint density at radius 2 is 1.96 bits per heavy atom. The average Bonchev–Trinajstić information content (AvgIpc) is 2.66. The minimum absolute atomic E-state index is 0.00997. The lowest BCUT2D eigenvalue weighted by atomic mass is 10.0. The van der Waals surface area contributed by atoms with E-state index < -0.39 is 0 Å². The van der Waals surface area contributed by atoms with E-state index in [-0.39, 0.29) is 23.6 Å². The summed E-state index contributed by atoms with van der Waals surface area (Å²) in [6.07, 6.45) is 0. The van der Waals surface area contributed by atoms with Gasteiger partial charge in [-0.2, -0.15) is 0 Å².